The van der Waals surface area contributed by atoms with E-state index in [0.29, 0.717) is 35.3 Å². The summed E-state index contributed by atoms with van der Waals surface area (Å²) < 4.78 is 60.5. The third-order valence-corrected chi connectivity index (χ3v) is 7.60. The van der Waals surface area contributed by atoms with Gasteiger partial charge in [0.05, 0.1) is 12.1 Å². The number of alkyl carbamates (subject to hydrolysis) is 1. The van der Waals surface area contributed by atoms with Gasteiger partial charge in [-0.2, -0.15) is 0 Å². The highest BCUT2D eigenvalue weighted by molar-refractivity contribution is 7.99. The number of amides is 1. The van der Waals surface area contributed by atoms with Crippen LogP contribution in [0.1, 0.15) is 51.7 Å². The zero-order chi connectivity index (χ0) is 27.7. The second kappa shape index (κ2) is 13.7. The van der Waals surface area contributed by atoms with Crippen LogP contribution in [0.2, 0.25) is 0 Å². The van der Waals surface area contributed by atoms with Crippen LogP contribution >= 0.6 is 19.6 Å². The van der Waals surface area contributed by atoms with Crippen LogP contribution < -0.4 is 5.32 Å². The molecular weight excluding hydrogens is 523 g/mol. The summed E-state index contributed by atoms with van der Waals surface area (Å²) in [6.45, 7) is 6.21. The normalized spacial score (nSPS) is 13.7. The Hall–Kier alpha value is -1.97. The van der Waals surface area contributed by atoms with E-state index in [1.807, 2.05) is 12.1 Å². The summed E-state index contributed by atoms with van der Waals surface area (Å²) in [5, 5.41) is 2.78. The Morgan fingerprint density at radius 2 is 1.73 bits per heavy atom. The van der Waals surface area contributed by atoms with E-state index in [2.05, 4.69) is 5.32 Å². The smallest absolute Gasteiger partial charge is 0.444 e. The van der Waals surface area contributed by atoms with Crippen molar-refractivity contribution >= 4 is 25.7 Å². The first kappa shape index (κ1) is 31.2. The van der Waals surface area contributed by atoms with E-state index in [1.165, 1.54) is 32.0 Å². The lowest BCUT2D eigenvalue weighted by molar-refractivity contribution is 0.0386. The van der Waals surface area contributed by atoms with Gasteiger partial charge in [0.1, 0.15) is 18.1 Å². The number of nitrogens with one attached hydrogen (secondary N) is 1. The lowest BCUT2D eigenvalue weighted by atomic mass is 9.94. The van der Waals surface area contributed by atoms with Crippen LogP contribution in [-0.2, 0) is 36.0 Å². The van der Waals surface area contributed by atoms with Crippen LogP contribution in [0.4, 0.5) is 13.6 Å². The number of phosphoric acid groups is 1. The minimum absolute atomic E-state index is 0.179. The number of alkyl halides is 1. The first-order chi connectivity index (χ1) is 17.3. The fourth-order valence-electron chi connectivity index (χ4n) is 3.41. The van der Waals surface area contributed by atoms with E-state index in [-0.39, 0.29) is 12.4 Å². The van der Waals surface area contributed by atoms with Gasteiger partial charge in [-0.05, 0) is 82.3 Å². The SMILES string of the molecule is COP(=O)(OC)OC[C@@](C)(CCCc1ccc(Sc2cccc(CF)c2)cc1F)NC(=O)OC(C)(C)C. The number of ether oxygens (including phenoxy) is 1. The highest BCUT2D eigenvalue weighted by Gasteiger charge is 2.33. The Morgan fingerprint density at radius 3 is 2.32 bits per heavy atom. The summed E-state index contributed by atoms with van der Waals surface area (Å²) in [5.41, 5.74) is -0.623. The minimum Gasteiger partial charge on any atom is -0.444 e. The van der Waals surface area contributed by atoms with Gasteiger partial charge in [0.25, 0.3) is 0 Å². The summed E-state index contributed by atoms with van der Waals surface area (Å²) in [6.07, 6.45) is 0.590. The molecule has 0 heterocycles. The number of halogens is 2. The molecule has 206 valence electrons. The Labute approximate surface area is 222 Å². The Balaban J connectivity index is 2.06. The molecule has 1 amide bonds. The molecule has 2 aromatic rings. The third kappa shape index (κ3) is 10.7. The van der Waals surface area contributed by atoms with Gasteiger partial charge in [0.15, 0.2) is 0 Å². The van der Waals surface area contributed by atoms with Gasteiger partial charge < -0.3 is 10.1 Å². The maximum atomic E-state index is 14.9. The van der Waals surface area contributed by atoms with Crippen molar-refractivity contribution < 1.29 is 36.4 Å². The summed E-state index contributed by atoms with van der Waals surface area (Å²) in [5.74, 6) is -0.354. The largest absolute Gasteiger partial charge is 0.474 e. The molecule has 7 nitrogen and oxygen atoms in total. The summed E-state index contributed by atoms with van der Waals surface area (Å²) >= 11 is 1.36. The molecule has 0 fully saturated rings. The predicted molar refractivity (Wildman–Crippen MR) is 140 cm³/mol. The topological polar surface area (TPSA) is 83.1 Å². The zero-order valence-corrected chi connectivity index (χ0v) is 23.8. The van der Waals surface area contributed by atoms with Crippen LogP contribution in [0, 0.1) is 5.82 Å². The van der Waals surface area contributed by atoms with Crippen LogP contribution in [0.15, 0.2) is 52.3 Å². The van der Waals surface area contributed by atoms with Crippen LogP contribution in [0.3, 0.4) is 0 Å². The third-order valence-electron chi connectivity index (χ3n) is 5.28. The molecule has 2 rings (SSSR count). The highest BCUT2D eigenvalue weighted by Crippen LogP contribution is 2.48. The van der Waals surface area contributed by atoms with E-state index in [0.717, 1.165) is 4.90 Å². The number of phosphoric ester groups is 1. The quantitative estimate of drug-likeness (QED) is 0.255. The molecule has 1 N–H and O–H groups in total. The number of benzene rings is 2. The molecule has 11 heteroatoms. The number of carbonyl (C=O) groups excluding carboxylic acids is 1. The molecule has 0 unspecified atom stereocenters. The predicted octanol–water partition coefficient (Wildman–Crippen LogP) is 7.47. The first-order valence-corrected chi connectivity index (χ1v) is 14.1. The summed E-state index contributed by atoms with van der Waals surface area (Å²) in [4.78, 5) is 14.0. The fourth-order valence-corrected chi connectivity index (χ4v) is 5.14. The van der Waals surface area contributed by atoms with Crippen molar-refractivity contribution in [3.8, 4) is 0 Å². The maximum absolute atomic E-state index is 14.9. The van der Waals surface area contributed by atoms with Gasteiger partial charge >= 0.3 is 13.9 Å². The number of hydrogen-bond donors (Lipinski definition) is 1. The van der Waals surface area contributed by atoms with Crippen LogP contribution in [0.25, 0.3) is 0 Å². The molecule has 0 spiro atoms. The van der Waals surface area contributed by atoms with E-state index >= 15 is 0 Å². The molecule has 0 radical (unpaired) electrons. The highest BCUT2D eigenvalue weighted by atomic mass is 32.2. The maximum Gasteiger partial charge on any atom is 0.474 e. The molecule has 2 aromatic carbocycles. The Bertz CT molecular complexity index is 1090. The number of carbonyl (C=O) groups is 1. The van der Waals surface area contributed by atoms with Gasteiger partial charge in [0.2, 0.25) is 0 Å². The summed E-state index contributed by atoms with van der Waals surface area (Å²) in [7, 11) is -1.38. The van der Waals surface area contributed by atoms with Crippen LogP contribution in [-0.4, -0.2) is 38.1 Å². The number of rotatable bonds is 13. The monoisotopic (exact) mass is 559 g/mol. The molecule has 0 aliphatic heterocycles. The Kier molecular flexibility index (Phi) is 11.6. The molecule has 0 aliphatic carbocycles. The van der Waals surface area contributed by atoms with Gasteiger partial charge in [0, 0.05) is 24.0 Å². The average Bonchev–Trinajstić information content (AvgIpc) is 2.83. The first-order valence-electron chi connectivity index (χ1n) is 11.8. The van der Waals surface area contributed by atoms with E-state index < -0.39 is 31.7 Å². The van der Waals surface area contributed by atoms with Gasteiger partial charge in [-0.1, -0.05) is 30.0 Å². The summed E-state index contributed by atoms with van der Waals surface area (Å²) in [6, 6.07) is 12.1. The van der Waals surface area contributed by atoms with E-state index in [1.54, 1.807) is 52.0 Å². The minimum atomic E-state index is -3.78. The molecule has 0 saturated heterocycles. The van der Waals surface area contributed by atoms with Gasteiger partial charge in [-0.25, -0.2) is 18.1 Å². The lowest BCUT2D eigenvalue weighted by Gasteiger charge is -2.32. The van der Waals surface area contributed by atoms with E-state index in [4.69, 9.17) is 18.3 Å². The molecule has 0 aromatic heterocycles. The van der Waals surface area contributed by atoms with Crippen molar-refractivity contribution in [1.82, 2.24) is 5.32 Å². The average molecular weight is 560 g/mol. The van der Waals surface area contributed by atoms with Gasteiger partial charge in [-0.15, -0.1) is 0 Å². The standard InChI is InChI=1S/C26H36F2NO6PS/c1-25(2,3)35-24(30)29-26(4,18-34-36(31,32-5)33-6)14-8-10-20-12-13-22(16-23(20)28)37-21-11-7-9-19(15-21)17-27/h7,9,11-13,15-16H,8,10,14,17-18H2,1-6H3,(H,29,30)/t26-/m1/s1. The Morgan fingerprint density at radius 1 is 1.05 bits per heavy atom. The van der Waals surface area contributed by atoms with Crippen molar-refractivity contribution in [2.75, 3.05) is 20.8 Å². The molecule has 1 atom stereocenters. The lowest BCUT2D eigenvalue weighted by Crippen LogP contribution is -2.51. The second-order valence-electron chi connectivity index (χ2n) is 9.76. The molecule has 0 aliphatic rings. The van der Waals surface area contributed by atoms with Crippen molar-refractivity contribution in [2.45, 2.75) is 74.6 Å². The van der Waals surface area contributed by atoms with Crippen molar-refractivity contribution in [3.05, 3.63) is 59.4 Å². The molecule has 0 saturated carbocycles. The molecular formula is C26H36F2NO6PS. The van der Waals surface area contributed by atoms with Crippen LogP contribution in [0.5, 0.6) is 0 Å². The fraction of sp³-hybridized carbons (Fsp3) is 0.500. The molecule has 0 bridgehead atoms. The van der Waals surface area contributed by atoms with Crippen molar-refractivity contribution in [2.24, 2.45) is 0 Å². The number of aryl methyl sites for hydroxylation is 1. The van der Waals surface area contributed by atoms with Gasteiger partial charge in [-0.3, -0.25) is 13.6 Å². The van der Waals surface area contributed by atoms with Crippen molar-refractivity contribution in [3.63, 3.8) is 0 Å². The second-order valence-corrected chi connectivity index (χ2v) is 12.8. The molecule has 37 heavy (non-hydrogen) atoms. The van der Waals surface area contributed by atoms with Crippen molar-refractivity contribution in [1.29, 1.82) is 0 Å². The zero-order valence-electron chi connectivity index (χ0n) is 22.1. The van der Waals surface area contributed by atoms with E-state index in [9.17, 15) is 18.1 Å². The number of hydrogen-bond acceptors (Lipinski definition) is 7.